The fraction of sp³-hybridized carbons (Fsp3) is 0.429. The zero-order valence-electron chi connectivity index (χ0n) is 27.4. The Hall–Kier alpha value is -4.92. The summed E-state index contributed by atoms with van der Waals surface area (Å²) in [7, 11) is 0. The van der Waals surface area contributed by atoms with Crippen LogP contribution in [0.25, 0.3) is 11.2 Å². The number of imidazole rings is 1. The number of aryl methyl sites for hydroxylation is 1. The number of benzene rings is 2. The van der Waals surface area contributed by atoms with Crippen molar-refractivity contribution < 1.29 is 23.8 Å². The number of piperidine rings is 1. The standard InChI is InChI=1S/C35H41N9O5/c1-2-26-41-42-33(48-26)29-28(46)30(47-22-45)34(49-29)44-21-38-27-31(39-35(40-32(27)44)36-16-19-43-17-10-5-11-18-43)37-20-25(23-12-6-3-7-13-23)24-14-8-4-9-15-24/h3-4,6-9,12-15,21-22,25,28-30,34,46H,2,5,10-11,16-20H2,1H3,(H2,36,37,39,40)/t28-,29+,30-,34-/m1/s1. The maximum atomic E-state index is 11.6. The highest BCUT2D eigenvalue weighted by Gasteiger charge is 2.50. The molecule has 5 heterocycles. The van der Waals surface area contributed by atoms with Crippen molar-refractivity contribution in [3.05, 3.63) is 89.9 Å². The first-order valence-corrected chi connectivity index (χ1v) is 16.9. The van der Waals surface area contributed by atoms with E-state index in [1.807, 2.05) is 43.3 Å². The van der Waals surface area contributed by atoms with Crippen molar-refractivity contribution in [1.29, 1.82) is 0 Å². The Kier molecular flexibility index (Phi) is 10.1. The van der Waals surface area contributed by atoms with Crippen LogP contribution in [0.4, 0.5) is 11.8 Å². The van der Waals surface area contributed by atoms with E-state index in [0.29, 0.717) is 54.8 Å². The number of hydrogen-bond acceptors (Lipinski definition) is 13. The van der Waals surface area contributed by atoms with Gasteiger partial charge in [-0.05, 0) is 37.1 Å². The number of carbonyl (C=O) groups excluding carboxylic acids is 1. The lowest BCUT2D eigenvalue weighted by molar-refractivity contribution is -0.142. The van der Waals surface area contributed by atoms with E-state index >= 15 is 0 Å². The summed E-state index contributed by atoms with van der Waals surface area (Å²) in [5.74, 6) is 1.49. The molecular weight excluding hydrogens is 626 g/mol. The Balaban J connectivity index is 1.22. The number of anilines is 2. The highest BCUT2D eigenvalue weighted by molar-refractivity contribution is 5.84. The van der Waals surface area contributed by atoms with E-state index in [1.54, 1.807) is 10.9 Å². The Bertz CT molecular complexity index is 1770. The molecule has 2 aromatic carbocycles. The molecular formula is C35H41N9O5. The third-order valence-corrected chi connectivity index (χ3v) is 9.19. The van der Waals surface area contributed by atoms with Crippen LogP contribution in [0.1, 0.15) is 67.3 Å². The molecule has 4 atom stereocenters. The molecule has 2 aliphatic heterocycles. The number of likely N-dealkylation sites (tertiary alicyclic amines) is 1. The van der Waals surface area contributed by atoms with E-state index in [4.69, 9.17) is 28.8 Å². The molecule has 0 unspecified atom stereocenters. The van der Waals surface area contributed by atoms with Gasteiger partial charge in [0.2, 0.25) is 17.7 Å². The number of carbonyl (C=O) groups is 1. The SMILES string of the molecule is CCc1nnc([C@H]2O[C@@H](n3cnc4c(NCC(c5ccccc5)c5ccccc5)nc(NCCN5CCCCC5)nc43)[C@H](OC=O)[C@@H]2O)o1. The van der Waals surface area contributed by atoms with Crippen LogP contribution >= 0.6 is 0 Å². The zero-order valence-corrected chi connectivity index (χ0v) is 27.4. The van der Waals surface area contributed by atoms with Gasteiger partial charge in [0.1, 0.15) is 6.10 Å². The summed E-state index contributed by atoms with van der Waals surface area (Å²) in [6.07, 6.45) is 1.38. The number of aromatic nitrogens is 6. The highest BCUT2D eigenvalue weighted by atomic mass is 16.6. The average molecular weight is 668 g/mol. The Morgan fingerprint density at radius 1 is 1.00 bits per heavy atom. The molecule has 3 aromatic heterocycles. The second-order valence-electron chi connectivity index (χ2n) is 12.3. The second kappa shape index (κ2) is 15.1. The topological polar surface area (TPSA) is 166 Å². The van der Waals surface area contributed by atoms with Gasteiger partial charge < -0.3 is 34.5 Å². The van der Waals surface area contributed by atoms with E-state index in [1.165, 1.54) is 19.3 Å². The van der Waals surface area contributed by atoms with Gasteiger partial charge in [0.15, 0.2) is 35.4 Å². The number of ether oxygens (including phenoxy) is 2. The quantitative estimate of drug-likeness (QED) is 0.145. The second-order valence-corrected chi connectivity index (χ2v) is 12.3. The van der Waals surface area contributed by atoms with Crippen LogP contribution in [0.2, 0.25) is 0 Å². The van der Waals surface area contributed by atoms with Gasteiger partial charge in [0, 0.05) is 32.0 Å². The fourth-order valence-corrected chi connectivity index (χ4v) is 6.63. The molecule has 3 N–H and O–H groups in total. The Morgan fingerprint density at radius 2 is 1.73 bits per heavy atom. The van der Waals surface area contributed by atoms with Crippen LogP contribution in [0, 0.1) is 0 Å². The average Bonchev–Trinajstić information content (AvgIpc) is 3.88. The predicted molar refractivity (Wildman–Crippen MR) is 181 cm³/mol. The van der Waals surface area contributed by atoms with Crippen LogP contribution in [0.3, 0.4) is 0 Å². The van der Waals surface area contributed by atoms with Crippen molar-refractivity contribution >= 4 is 29.4 Å². The van der Waals surface area contributed by atoms with Gasteiger partial charge in [-0.2, -0.15) is 9.97 Å². The normalized spacial score (nSPS) is 21.3. The molecule has 14 nitrogen and oxygen atoms in total. The smallest absolute Gasteiger partial charge is 0.293 e. The zero-order chi connectivity index (χ0) is 33.6. The first-order valence-electron chi connectivity index (χ1n) is 16.9. The number of nitrogens with one attached hydrogen (secondary N) is 2. The number of aliphatic hydroxyl groups excluding tert-OH is 1. The van der Waals surface area contributed by atoms with Crippen LogP contribution in [-0.2, 0) is 20.7 Å². The number of aliphatic hydroxyl groups is 1. The van der Waals surface area contributed by atoms with Crippen molar-refractivity contribution in [3.63, 3.8) is 0 Å². The van der Waals surface area contributed by atoms with Crippen molar-refractivity contribution in [2.75, 3.05) is 43.4 Å². The first-order chi connectivity index (χ1) is 24.1. The van der Waals surface area contributed by atoms with Crippen molar-refractivity contribution in [1.82, 2.24) is 34.6 Å². The van der Waals surface area contributed by atoms with Gasteiger partial charge >= 0.3 is 0 Å². The summed E-state index contributed by atoms with van der Waals surface area (Å²) < 4.78 is 19.0. The largest absolute Gasteiger partial charge is 0.457 e. The fourth-order valence-electron chi connectivity index (χ4n) is 6.63. The molecule has 0 saturated carbocycles. The molecule has 2 fully saturated rings. The number of fused-ring (bicyclic) bond motifs is 1. The maximum absolute atomic E-state index is 11.6. The van der Waals surface area contributed by atoms with E-state index in [0.717, 1.165) is 30.8 Å². The predicted octanol–water partition coefficient (Wildman–Crippen LogP) is 4.09. The Labute approximate surface area is 283 Å². The molecule has 14 heteroatoms. The summed E-state index contributed by atoms with van der Waals surface area (Å²) in [5.41, 5.74) is 3.26. The lowest BCUT2D eigenvalue weighted by Gasteiger charge is -2.26. The summed E-state index contributed by atoms with van der Waals surface area (Å²) in [6, 6.07) is 20.7. The molecule has 2 saturated heterocycles. The molecule has 0 radical (unpaired) electrons. The van der Waals surface area contributed by atoms with Gasteiger partial charge in [0.05, 0.1) is 6.33 Å². The third-order valence-electron chi connectivity index (χ3n) is 9.19. The molecule has 0 spiro atoms. The van der Waals surface area contributed by atoms with Gasteiger partial charge in [-0.15, -0.1) is 10.2 Å². The van der Waals surface area contributed by atoms with Crippen LogP contribution in [0.15, 0.2) is 71.4 Å². The van der Waals surface area contributed by atoms with E-state index in [9.17, 15) is 9.90 Å². The molecule has 256 valence electrons. The van der Waals surface area contributed by atoms with Crippen molar-refractivity contribution in [3.8, 4) is 0 Å². The molecule has 2 aliphatic rings. The number of nitrogens with zero attached hydrogens (tertiary/aromatic N) is 7. The summed E-state index contributed by atoms with van der Waals surface area (Å²) in [5, 5.41) is 26.3. The molecule has 0 bridgehead atoms. The van der Waals surface area contributed by atoms with E-state index < -0.39 is 24.5 Å². The number of rotatable bonds is 14. The minimum atomic E-state index is -1.28. The third kappa shape index (κ3) is 7.12. The number of hydrogen-bond donors (Lipinski definition) is 3. The molecule has 0 aliphatic carbocycles. The van der Waals surface area contributed by atoms with Crippen LogP contribution in [-0.4, -0.2) is 91.1 Å². The van der Waals surface area contributed by atoms with Gasteiger partial charge in [-0.3, -0.25) is 9.36 Å². The monoisotopic (exact) mass is 667 g/mol. The lowest BCUT2D eigenvalue weighted by Crippen LogP contribution is -2.34. The van der Waals surface area contributed by atoms with Crippen molar-refractivity contribution in [2.45, 2.75) is 63.1 Å². The minimum Gasteiger partial charge on any atom is -0.457 e. The lowest BCUT2D eigenvalue weighted by atomic mass is 9.91. The minimum absolute atomic E-state index is 0.0341. The molecule has 49 heavy (non-hydrogen) atoms. The van der Waals surface area contributed by atoms with Gasteiger partial charge in [-0.1, -0.05) is 74.0 Å². The summed E-state index contributed by atoms with van der Waals surface area (Å²) >= 11 is 0. The summed E-state index contributed by atoms with van der Waals surface area (Å²) in [6.45, 7) is 6.41. The van der Waals surface area contributed by atoms with E-state index in [-0.39, 0.29) is 11.8 Å². The maximum Gasteiger partial charge on any atom is 0.293 e. The van der Waals surface area contributed by atoms with Gasteiger partial charge in [0.25, 0.3) is 6.47 Å². The van der Waals surface area contributed by atoms with Crippen LogP contribution < -0.4 is 10.6 Å². The molecule has 7 rings (SSSR count). The molecule has 5 aromatic rings. The first kappa shape index (κ1) is 32.6. The Morgan fingerprint density at radius 3 is 2.41 bits per heavy atom. The molecule has 0 amide bonds. The van der Waals surface area contributed by atoms with Gasteiger partial charge in [-0.25, -0.2) is 4.98 Å². The highest BCUT2D eigenvalue weighted by Crippen LogP contribution is 2.41. The van der Waals surface area contributed by atoms with E-state index in [2.05, 4.69) is 50.0 Å². The summed E-state index contributed by atoms with van der Waals surface area (Å²) in [4.78, 5) is 28.5. The van der Waals surface area contributed by atoms with Crippen molar-refractivity contribution in [2.24, 2.45) is 0 Å². The van der Waals surface area contributed by atoms with Crippen LogP contribution in [0.5, 0.6) is 0 Å².